The molecule has 2 aliphatic rings. The molecule has 1 atom stereocenters. The van der Waals surface area contributed by atoms with E-state index in [2.05, 4.69) is 5.32 Å². The zero-order chi connectivity index (χ0) is 15.6. The number of nitrogens with one attached hydrogen (secondary N) is 1. The van der Waals surface area contributed by atoms with Crippen LogP contribution in [0.15, 0.2) is 27.4 Å². The molecular formula is C18H22ClNO4. The molecule has 24 heavy (non-hydrogen) atoms. The van der Waals surface area contributed by atoms with E-state index >= 15 is 0 Å². The van der Waals surface area contributed by atoms with E-state index < -0.39 is 0 Å². The Hall–Kier alpha value is -1.56. The molecule has 1 aromatic heterocycles. The van der Waals surface area contributed by atoms with Crippen molar-refractivity contribution in [1.82, 2.24) is 5.32 Å². The summed E-state index contributed by atoms with van der Waals surface area (Å²) >= 11 is 0. The van der Waals surface area contributed by atoms with Crippen LogP contribution >= 0.6 is 12.4 Å². The first kappa shape index (κ1) is 17.3. The third-order valence-corrected chi connectivity index (χ3v) is 4.64. The van der Waals surface area contributed by atoms with Crippen LogP contribution in [0.3, 0.4) is 0 Å². The maximum absolute atomic E-state index is 12.0. The highest BCUT2D eigenvalue weighted by atomic mass is 35.5. The first-order valence-electron chi connectivity index (χ1n) is 8.31. The first-order valence-corrected chi connectivity index (χ1v) is 8.31. The van der Waals surface area contributed by atoms with E-state index in [4.69, 9.17) is 13.9 Å². The SMILES string of the molecule is Cl.O=c1oc2ccc(OCC3CNCCOC3)cc2c2c1CCC2. The maximum Gasteiger partial charge on any atom is 0.339 e. The monoisotopic (exact) mass is 351 g/mol. The lowest BCUT2D eigenvalue weighted by atomic mass is 10.1. The van der Waals surface area contributed by atoms with Gasteiger partial charge in [-0.25, -0.2) is 4.79 Å². The first-order chi connectivity index (χ1) is 11.3. The maximum atomic E-state index is 12.0. The second kappa shape index (κ2) is 7.55. The lowest BCUT2D eigenvalue weighted by Crippen LogP contribution is -2.27. The second-order valence-electron chi connectivity index (χ2n) is 6.31. The van der Waals surface area contributed by atoms with E-state index in [0.29, 0.717) is 18.1 Å². The van der Waals surface area contributed by atoms with Crippen LogP contribution < -0.4 is 15.7 Å². The Bertz CT molecular complexity index is 765. The van der Waals surface area contributed by atoms with Crippen molar-refractivity contribution < 1.29 is 13.9 Å². The summed E-state index contributed by atoms with van der Waals surface area (Å²) in [5.41, 5.74) is 2.46. The van der Waals surface area contributed by atoms with Gasteiger partial charge in [0.2, 0.25) is 0 Å². The predicted octanol–water partition coefficient (Wildman–Crippen LogP) is 2.32. The van der Waals surface area contributed by atoms with Crippen molar-refractivity contribution in [2.24, 2.45) is 5.92 Å². The van der Waals surface area contributed by atoms with Crippen molar-refractivity contribution in [3.05, 3.63) is 39.7 Å². The van der Waals surface area contributed by atoms with Crippen LogP contribution in [0, 0.1) is 5.92 Å². The quantitative estimate of drug-likeness (QED) is 0.860. The smallest absolute Gasteiger partial charge is 0.339 e. The zero-order valence-electron chi connectivity index (χ0n) is 13.5. The van der Waals surface area contributed by atoms with Gasteiger partial charge in [-0.1, -0.05) is 0 Å². The lowest BCUT2D eigenvalue weighted by Gasteiger charge is -2.15. The van der Waals surface area contributed by atoms with Crippen molar-refractivity contribution in [2.45, 2.75) is 19.3 Å². The van der Waals surface area contributed by atoms with E-state index in [1.165, 1.54) is 0 Å². The molecule has 0 bridgehead atoms. The van der Waals surface area contributed by atoms with Gasteiger partial charge in [0, 0.05) is 30.0 Å². The van der Waals surface area contributed by atoms with E-state index in [0.717, 1.165) is 67.8 Å². The van der Waals surface area contributed by atoms with E-state index in [9.17, 15) is 4.79 Å². The molecule has 130 valence electrons. The highest BCUT2D eigenvalue weighted by molar-refractivity contribution is 5.85. The molecule has 0 saturated carbocycles. The Morgan fingerprint density at radius 1 is 1.25 bits per heavy atom. The number of hydrogen-bond acceptors (Lipinski definition) is 5. The molecule has 6 heteroatoms. The van der Waals surface area contributed by atoms with Gasteiger partial charge in [-0.2, -0.15) is 0 Å². The van der Waals surface area contributed by atoms with Gasteiger partial charge >= 0.3 is 5.63 Å². The standard InChI is InChI=1S/C18H21NO4.ClH/c20-18-15-3-1-2-14(15)16-8-13(4-5-17(16)23-18)22-11-12-9-19-6-7-21-10-12;/h4-5,8,12,19H,1-3,6-7,9-11H2;1H. The summed E-state index contributed by atoms with van der Waals surface area (Å²) < 4.78 is 16.9. The summed E-state index contributed by atoms with van der Waals surface area (Å²) in [6.45, 7) is 3.93. The topological polar surface area (TPSA) is 60.7 Å². The Balaban J connectivity index is 0.00000169. The van der Waals surface area contributed by atoms with Crippen molar-refractivity contribution in [2.75, 3.05) is 32.9 Å². The fourth-order valence-electron chi connectivity index (χ4n) is 3.43. The molecule has 1 aliphatic heterocycles. The van der Waals surface area contributed by atoms with Gasteiger partial charge in [-0.3, -0.25) is 0 Å². The molecule has 1 aromatic carbocycles. The molecule has 0 radical (unpaired) electrons. The Morgan fingerprint density at radius 3 is 3.04 bits per heavy atom. The largest absolute Gasteiger partial charge is 0.493 e. The minimum atomic E-state index is -0.180. The van der Waals surface area contributed by atoms with Crippen LogP contribution in [0.4, 0.5) is 0 Å². The molecular weight excluding hydrogens is 330 g/mol. The Kier molecular flexibility index (Phi) is 5.43. The predicted molar refractivity (Wildman–Crippen MR) is 94.4 cm³/mol. The average Bonchev–Trinajstić information content (AvgIpc) is 2.92. The number of rotatable bonds is 3. The molecule has 1 aliphatic carbocycles. The third kappa shape index (κ3) is 3.43. The van der Waals surface area contributed by atoms with Crippen LogP contribution in [-0.4, -0.2) is 32.9 Å². The van der Waals surface area contributed by atoms with E-state index in [1.807, 2.05) is 18.2 Å². The number of aryl methyl sites for hydroxylation is 1. The highest BCUT2D eigenvalue weighted by Gasteiger charge is 2.20. The van der Waals surface area contributed by atoms with Crippen molar-refractivity contribution in [3.8, 4) is 5.75 Å². The summed E-state index contributed by atoms with van der Waals surface area (Å²) in [6.07, 6.45) is 2.79. The second-order valence-corrected chi connectivity index (χ2v) is 6.31. The Labute approximate surface area is 146 Å². The highest BCUT2D eigenvalue weighted by Crippen LogP contribution is 2.30. The van der Waals surface area contributed by atoms with Crippen LogP contribution in [0.5, 0.6) is 5.75 Å². The summed E-state index contributed by atoms with van der Waals surface area (Å²) in [5.74, 6) is 1.18. The fourth-order valence-corrected chi connectivity index (χ4v) is 3.43. The van der Waals surface area contributed by atoms with Crippen LogP contribution in [-0.2, 0) is 17.6 Å². The molecule has 4 rings (SSSR count). The summed E-state index contributed by atoms with van der Waals surface area (Å²) in [4.78, 5) is 12.0. The molecule has 1 saturated heterocycles. The van der Waals surface area contributed by atoms with Gasteiger partial charge in [-0.15, -0.1) is 12.4 Å². The van der Waals surface area contributed by atoms with Gasteiger partial charge in [0.15, 0.2) is 0 Å². The van der Waals surface area contributed by atoms with Gasteiger partial charge in [0.05, 0.1) is 19.8 Å². The zero-order valence-corrected chi connectivity index (χ0v) is 14.3. The molecule has 1 N–H and O–H groups in total. The van der Waals surface area contributed by atoms with Gasteiger partial charge in [0.25, 0.3) is 0 Å². The van der Waals surface area contributed by atoms with Crippen molar-refractivity contribution >= 4 is 23.4 Å². The fraction of sp³-hybridized carbons (Fsp3) is 0.500. The number of benzene rings is 1. The Morgan fingerprint density at radius 2 is 2.12 bits per heavy atom. The molecule has 2 aromatic rings. The van der Waals surface area contributed by atoms with Gasteiger partial charge in [-0.05, 0) is 43.0 Å². The lowest BCUT2D eigenvalue weighted by molar-refractivity contribution is 0.102. The number of hydrogen-bond donors (Lipinski definition) is 1. The summed E-state index contributed by atoms with van der Waals surface area (Å²) in [6, 6.07) is 5.72. The van der Waals surface area contributed by atoms with Gasteiger partial charge in [0.1, 0.15) is 11.3 Å². The van der Waals surface area contributed by atoms with Gasteiger partial charge < -0.3 is 19.2 Å². The third-order valence-electron chi connectivity index (χ3n) is 4.64. The molecule has 0 amide bonds. The molecule has 5 nitrogen and oxygen atoms in total. The number of fused-ring (bicyclic) bond motifs is 3. The van der Waals surface area contributed by atoms with Crippen molar-refractivity contribution in [1.29, 1.82) is 0 Å². The minimum absolute atomic E-state index is 0. The molecule has 2 heterocycles. The molecule has 1 unspecified atom stereocenters. The minimum Gasteiger partial charge on any atom is -0.493 e. The van der Waals surface area contributed by atoms with Crippen LogP contribution in [0.25, 0.3) is 11.0 Å². The molecule has 0 spiro atoms. The summed E-state index contributed by atoms with van der Waals surface area (Å²) in [7, 11) is 0. The normalized spacial score (nSPS) is 20.2. The number of halogens is 1. The van der Waals surface area contributed by atoms with Crippen LogP contribution in [0.1, 0.15) is 17.5 Å². The van der Waals surface area contributed by atoms with E-state index in [1.54, 1.807) is 0 Å². The van der Waals surface area contributed by atoms with E-state index in [-0.39, 0.29) is 18.0 Å². The summed E-state index contributed by atoms with van der Waals surface area (Å²) in [5, 5.41) is 4.37. The molecule has 1 fully saturated rings. The van der Waals surface area contributed by atoms with Crippen LogP contribution in [0.2, 0.25) is 0 Å². The van der Waals surface area contributed by atoms with Crippen molar-refractivity contribution in [3.63, 3.8) is 0 Å². The number of ether oxygens (including phenoxy) is 2. The average molecular weight is 352 g/mol.